The SMILES string of the molecule is C=CC[O][GaH2]. The second kappa shape index (κ2) is 4.34. The predicted octanol–water partition coefficient (Wildman–Crippen LogP) is -0.263. The maximum atomic E-state index is 4.76. The molecule has 0 radical (unpaired) electrons. The Kier molecular flexibility index (Phi) is 4.63. The second-order valence-corrected chi connectivity index (χ2v) is 1.96. The molecule has 0 unspecified atom stereocenters. The summed E-state index contributed by atoms with van der Waals surface area (Å²) in [7, 11) is 0. The zero-order valence-electron chi connectivity index (χ0n) is 3.40. The standard InChI is InChI=1S/C3H5O.Ga.2H/c1-2-3-4;;;/h2H,1,3H2;;;/q-1;+1;;. The molecule has 0 rings (SSSR count). The van der Waals surface area contributed by atoms with Crippen molar-refractivity contribution >= 4 is 19.0 Å². The van der Waals surface area contributed by atoms with E-state index < -0.39 is 0 Å². The fourth-order valence-electron chi connectivity index (χ4n) is 0.118. The number of rotatable bonds is 2. The van der Waals surface area contributed by atoms with Crippen LogP contribution in [0.15, 0.2) is 12.7 Å². The minimum atomic E-state index is 0.543. The van der Waals surface area contributed by atoms with Gasteiger partial charge in [0.15, 0.2) is 0 Å². The van der Waals surface area contributed by atoms with Crippen LogP contribution in [-0.2, 0) is 3.53 Å². The average Bonchev–Trinajstić information content (AvgIpc) is 1.41. The van der Waals surface area contributed by atoms with Crippen LogP contribution >= 0.6 is 0 Å². The van der Waals surface area contributed by atoms with Gasteiger partial charge in [0.1, 0.15) is 0 Å². The summed E-state index contributed by atoms with van der Waals surface area (Å²) in [5.74, 6) is 0. The van der Waals surface area contributed by atoms with Crippen molar-refractivity contribution < 1.29 is 3.53 Å². The van der Waals surface area contributed by atoms with Crippen LogP contribution in [0.3, 0.4) is 0 Å². The zero-order valence-corrected chi connectivity index (χ0v) is 7.60. The van der Waals surface area contributed by atoms with Crippen LogP contribution in [0, 0.1) is 0 Å². The molecule has 5 heavy (non-hydrogen) atoms. The van der Waals surface area contributed by atoms with Crippen molar-refractivity contribution in [3.63, 3.8) is 0 Å². The third-order valence-electron chi connectivity index (χ3n) is 0.285. The summed E-state index contributed by atoms with van der Waals surface area (Å²) >= 11 is 0.543. The Morgan fingerprint density at radius 2 is 2.60 bits per heavy atom. The Balaban J connectivity index is 2.40. The molecule has 0 N–H and O–H groups in total. The maximum absolute atomic E-state index is 4.76. The molecular weight excluding hydrogens is 122 g/mol. The monoisotopic (exact) mass is 128 g/mol. The molecule has 0 aromatic carbocycles. The summed E-state index contributed by atoms with van der Waals surface area (Å²) in [4.78, 5) is 0. The van der Waals surface area contributed by atoms with Gasteiger partial charge in [0.25, 0.3) is 0 Å². The molecule has 0 aliphatic heterocycles. The van der Waals surface area contributed by atoms with E-state index in [4.69, 9.17) is 3.53 Å². The van der Waals surface area contributed by atoms with E-state index in [1.165, 1.54) is 0 Å². The van der Waals surface area contributed by atoms with Gasteiger partial charge in [-0.2, -0.15) is 0 Å². The molecule has 0 amide bonds. The average molecular weight is 129 g/mol. The molecule has 0 aliphatic carbocycles. The van der Waals surface area contributed by atoms with Gasteiger partial charge in [-0.05, 0) is 0 Å². The zero-order chi connectivity index (χ0) is 4.12. The van der Waals surface area contributed by atoms with Crippen molar-refractivity contribution in [2.24, 2.45) is 0 Å². The fraction of sp³-hybridized carbons (Fsp3) is 0.333. The third-order valence-corrected chi connectivity index (χ3v) is 0.984. The summed E-state index contributed by atoms with van der Waals surface area (Å²) in [6.07, 6.45) is 1.76. The Labute approximate surface area is 42.3 Å². The molecule has 0 bridgehead atoms. The van der Waals surface area contributed by atoms with Crippen LogP contribution in [0.5, 0.6) is 0 Å². The van der Waals surface area contributed by atoms with Gasteiger partial charge in [0.05, 0.1) is 0 Å². The third kappa shape index (κ3) is 4.34. The molecule has 0 fully saturated rings. The second-order valence-electron chi connectivity index (χ2n) is 0.744. The Morgan fingerprint density at radius 3 is 2.60 bits per heavy atom. The van der Waals surface area contributed by atoms with Gasteiger partial charge in [-0.15, -0.1) is 0 Å². The topological polar surface area (TPSA) is 9.23 Å². The molecule has 0 aromatic heterocycles. The van der Waals surface area contributed by atoms with Crippen molar-refractivity contribution in [2.75, 3.05) is 6.61 Å². The molecule has 2 heteroatoms. The predicted molar refractivity (Wildman–Crippen MR) is 24.7 cm³/mol. The summed E-state index contributed by atoms with van der Waals surface area (Å²) in [5.41, 5.74) is 0. The Morgan fingerprint density at radius 1 is 2.00 bits per heavy atom. The minimum absolute atomic E-state index is 0.543. The molecule has 0 saturated heterocycles. The van der Waals surface area contributed by atoms with Gasteiger partial charge < -0.3 is 0 Å². The molecule has 28 valence electrons. The summed E-state index contributed by atoms with van der Waals surface area (Å²) in [5, 5.41) is 0. The van der Waals surface area contributed by atoms with E-state index in [1.54, 1.807) is 6.08 Å². The van der Waals surface area contributed by atoms with Crippen LogP contribution in [-0.4, -0.2) is 25.6 Å². The van der Waals surface area contributed by atoms with E-state index >= 15 is 0 Å². The van der Waals surface area contributed by atoms with E-state index in [0.717, 1.165) is 6.61 Å². The van der Waals surface area contributed by atoms with Gasteiger partial charge in [0, 0.05) is 0 Å². The summed E-state index contributed by atoms with van der Waals surface area (Å²) in [6, 6.07) is 0. The van der Waals surface area contributed by atoms with Crippen LogP contribution < -0.4 is 0 Å². The van der Waals surface area contributed by atoms with Crippen molar-refractivity contribution in [2.45, 2.75) is 0 Å². The molecular formula is C3H7GaO. The van der Waals surface area contributed by atoms with Crippen LogP contribution in [0.1, 0.15) is 0 Å². The van der Waals surface area contributed by atoms with Crippen LogP contribution in [0.2, 0.25) is 0 Å². The van der Waals surface area contributed by atoms with Gasteiger partial charge in [-0.25, -0.2) is 0 Å². The number of hydrogen-bond acceptors (Lipinski definition) is 1. The molecule has 0 aliphatic rings. The van der Waals surface area contributed by atoms with E-state index in [1.807, 2.05) is 0 Å². The Bertz CT molecular complexity index is 28.1. The first kappa shape index (κ1) is 5.34. The van der Waals surface area contributed by atoms with E-state index in [-0.39, 0.29) is 0 Å². The quantitative estimate of drug-likeness (QED) is 0.368. The van der Waals surface area contributed by atoms with E-state index in [2.05, 4.69) is 6.58 Å². The van der Waals surface area contributed by atoms with Gasteiger partial charge in [0.2, 0.25) is 0 Å². The van der Waals surface area contributed by atoms with E-state index in [0.29, 0.717) is 19.0 Å². The van der Waals surface area contributed by atoms with Gasteiger partial charge >= 0.3 is 41.8 Å². The molecule has 0 saturated carbocycles. The van der Waals surface area contributed by atoms with Crippen LogP contribution in [0.4, 0.5) is 0 Å². The summed E-state index contributed by atoms with van der Waals surface area (Å²) in [6.45, 7) is 4.19. The van der Waals surface area contributed by atoms with Gasteiger partial charge in [-0.1, -0.05) is 0 Å². The Hall–Kier alpha value is 0.336. The van der Waals surface area contributed by atoms with Crippen LogP contribution in [0.25, 0.3) is 0 Å². The molecule has 0 heterocycles. The fourth-order valence-corrected chi connectivity index (χ4v) is 0.612. The first-order chi connectivity index (χ1) is 2.41. The normalized spacial score (nSPS) is 7.20. The summed E-state index contributed by atoms with van der Waals surface area (Å²) < 4.78 is 4.76. The van der Waals surface area contributed by atoms with Gasteiger partial charge in [-0.3, -0.25) is 0 Å². The van der Waals surface area contributed by atoms with Crippen molar-refractivity contribution in [1.29, 1.82) is 0 Å². The van der Waals surface area contributed by atoms with Crippen molar-refractivity contribution in [1.82, 2.24) is 0 Å². The first-order valence-corrected chi connectivity index (χ1v) is 3.23. The van der Waals surface area contributed by atoms with Crippen molar-refractivity contribution in [3.05, 3.63) is 12.7 Å². The molecule has 0 spiro atoms. The number of hydrogen-bond donors (Lipinski definition) is 0. The van der Waals surface area contributed by atoms with Crippen molar-refractivity contribution in [3.8, 4) is 0 Å². The molecule has 0 aromatic rings. The molecule has 0 atom stereocenters. The molecule has 1 nitrogen and oxygen atoms in total. The first-order valence-electron chi connectivity index (χ1n) is 1.51. The van der Waals surface area contributed by atoms with E-state index in [9.17, 15) is 0 Å².